The molecule has 0 aliphatic rings. The summed E-state index contributed by atoms with van der Waals surface area (Å²) in [5.74, 6) is 0.412. The quantitative estimate of drug-likeness (QED) is 0.873. The van der Waals surface area contributed by atoms with E-state index in [2.05, 4.69) is 29.0 Å². The fourth-order valence-electron chi connectivity index (χ4n) is 1.28. The van der Waals surface area contributed by atoms with E-state index in [4.69, 9.17) is 0 Å². The molecule has 1 rings (SSSR count). The molecule has 102 valence electrons. The zero-order valence-electron chi connectivity index (χ0n) is 11.6. The number of pyridine rings is 1. The summed E-state index contributed by atoms with van der Waals surface area (Å²) in [6.45, 7) is 4.76. The van der Waals surface area contributed by atoms with Crippen LogP contribution in [0.3, 0.4) is 0 Å². The summed E-state index contributed by atoms with van der Waals surface area (Å²) in [5, 5.41) is 3.11. The Balaban J connectivity index is 2.94. The maximum absolute atomic E-state index is 11.6. The number of likely N-dealkylation sites (N-methyl/N-ethyl adjacent to an activating group) is 1. The van der Waals surface area contributed by atoms with Crippen LogP contribution in [0.5, 0.6) is 0 Å². The molecule has 0 aromatic carbocycles. The lowest BCUT2D eigenvalue weighted by atomic mass is 10.0. The zero-order valence-corrected chi connectivity index (χ0v) is 12.4. The zero-order chi connectivity index (χ0) is 14.0. The van der Waals surface area contributed by atoms with Gasteiger partial charge in [0, 0.05) is 24.5 Å². The van der Waals surface area contributed by atoms with E-state index in [0.29, 0.717) is 12.4 Å². The van der Waals surface area contributed by atoms with Crippen molar-refractivity contribution in [1.29, 1.82) is 0 Å². The molecule has 5 nitrogen and oxygen atoms in total. The van der Waals surface area contributed by atoms with Gasteiger partial charge in [-0.25, -0.2) is 13.4 Å². The van der Waals surface area contributed by atoms with Crippen LogP contribution in [0.4, 0.5) is 5.82 Å². The fraction of sp³-hybridized carbons (Fsp3) is 0.583. The van der Waals surface area contributed by atoms with Crippen molar-refractivity contribution >= 4 is 15.7 Å². The van der Waals surface area contributed by atoms with Crippen LogP contribution in [0, 0.1) is 0 Å². The Morgan fingerprint density at radius 3 is 2.50 bits per heavy atom. The lowest BCUT2D eigenvalue weighted by Gasteiger charge is -2.33. The van der Waals surface area contributed by atoms with Crippen LogP contribution in [0.1, 0.15) is 13.8 Å². The number of hydrogen-bond donors (Lipinski definition) is 1. The summed E-state index contributed by atoms with van der Waals surface area (Å²) >= 11 is 0. The lowest BCUT2D eigenvalue weighted by molar-refractivity contribution is 0.210. The van der Waals surface area contributed by atoms with Crippen LogP contribution in [0.15, 0.2) is 23.2 Å². The molecule has 6 heteroatoms. The maximum atomic E-state index is 11.6. The van der Waals surface area contributed by atoms with E-state index >= 15 is 0 Å². The van der Waals surface area contributed by atoms with Gasteiger partial charge in [0.25, 0.3) is 0 Å². The van der Waals surface area contributed by atoms with Gasteiger partial charge in [0.2, 0.25) is 0 Å². The minimum atomic E-state index is -3.26. The number of rotatable bonds is 5. The highest BCUT2D eigenvalue weighted by Crippen LogP contribution is 2.19. The Hall–Kier alpha value is -1.14. The first-order valence-electron chi connectivity index (χ1n) is 5.71. The predicted octanol–water partition coefficient (Wildman–Crippen LogP) is 1.24. The summed E-state index contributed by atoms with van der Waals surface area (Å²) in [4.78, 5) is 6.41. The van der Waals surface area contributed by atoms with Crippen LogP contribution >= 0.6 is 0 Å². The number of aromatic nitrogens is 1. The Labute approximate surface area is 109 Å². The monoisotopic (exact) mass is 271 g/mol. The minimum Gasteiger partial charge on any atom is -0.367 e. The van der Waals surface area contributed by atoms with Crippen molar-refractivity contribution in [2.24, 2.45) is 0 Å². The average molecular weight is 271 g/mol. The van der Waals surface area contributed by atoms with Gasteiger partial charge in [-0.2, -0.15) is 0 Å². The molecule has 0 unspecified atom stereocenters. The highest BCUT2D eigenvalue weighted by molar-refractivity contribution is 7.90. The number of nitrogens with one attached hydrogen (secondary N) is 1. The Morgan fingerprint density at radius 2 is 2.00 bits per heavy atom. The summed E-state index contributed by atoms with van der Waals surface area (Å²) in [5.41, 5.74) is -0.0910. The normalized spacial score (nSPS) is 12.8. The van der Waals surface area contributed by atoms with Crippen LogP contribution < -0.4 is 5.32 Å². The summed E-state index contributed by atoms with van der Waals surface area (Å²) in [6, 6.07) is 3.19. The Bertz CT molecular complexity index is 510. The van der Waals surface area contributed by atoms with Crippen LogP contribution in [0.25, 0.3) is 0 Å². The second-order valence-electron chi connectivity index (χ2n) is 5.18. The number of nitrogens with zero attached hydrogens (tertiary/aromatic N) is 2. The first kappa shape index (κ1) is 14.9. The van der Waals surface area contributed by atoms with Crippen molar-refractivity contribution in [3.63, 3.8) is 0 Å². The molecule has 0 fully saturated rings. The molecule has 0 aliphatic carbocycles. The summed E-state index contributed by atoms with van der Waals surface area (Å²) < 4.78 is 23.2. The third kappa shape index (κ3) is 3.68. The van der Waals surface area contributed by atoms with E-state index in [0.717, 1.165) is 0 Å². The molecule has 18 heavy (non-hydrogen) atoms. The Kier molecular flexibility index (Phi) is 4.34. The van der Waals surface area contributed by atoms with Crippen LogP contribution in [-0.4, -0.2) is 50.7 Å². The largest absolute Gasteiger partial charge is 0.367 e. The van der Waals surface area contributed by atoms with Crippen molar-refractivity contribution < 1.29 is 8.42 Å². The Morgan fingerprint density at radius 1 is 1.39 bits per heavy atom. The van der Waals surface area contributed by atoms with Crippen molar-refractivity contribution in [2.75, 3.05) is 32.2 Å². The number of anilines is 1. The molecule has 1 aromatic rings. The lowest BCUT2D eigenvalue weighted by Crippen LogP contribution is -2.44. The topological polar surface area (TPSA) is 62.3 Å². The summed E-state index contributed by atoms with van der Waals surface area (Å²) in [6.07, 6.45) is 2.77. The molecule has 0 amide bonds. The van der Waals surface area contributed by atoms with Gasteiger partial charge in [-0.05, 0) is 40.1 Å². The van der Waals surface area contributed by atoms with Gasteiger partial charge in [0.15, 0.2) is 9.84 Å². The molecule has 0 radical (unpaired) electrons. The number of sulfone groups is 1. The van der Waals surface area contributed by atoms with E-state index in [1.807, 2.05) is 14.1 Å². The van der Waals surface area contributed by atoms with Gasteiger partial charge in [-0.1, -0.05) is 0 Å². The summed E-state index contributed by atoms with van der Waals surface area (Å²) in [7, 11) is 0.707. The molecule has 1 aromatic heterocycles. The second-order valence-corrected chi connectivity index (χ2v) is 7.17. The molecule has 0 spiro atoms. The molecular weight excluding hydrogens is 250 g/mol. The first-order valence-corrected chi connectivity index (χ1v) is 7.60. The standard InChI is InChI=1S/C12H21N3O2S/c1-12(2,15(3)4)9-14-11-10(18(5,16)17)7-6-8-13-11/h6-8H,9H2,1-5H3,(H,13,14). The average Bonchev–Trinajstić information content (AvgIpc) is 2.25. The van der Waals surface area contributed by atoms with Gasteiger partial charge in [-0.3, -0.25) is 0 Å². The molecular formula is C12H21N3O2S. The van der Waals surface area contributed by atoms with E-state index < -0.39 is 9.84 Å². The molecule has 0 saturated carbocycles. The molecule has 1 heterocycles. The molecule has 1 N–H and O–H groups in total. The van der Waals surface area contributed by atoms with Gasteiger partial charge in [0.05, 0.1) is 0 Å². The molecule has 0 atom stereocenters. The highest BCUT2D eigenvalue weighted by atomic mass is 32.2. The van der Waals surface area contributed by atoms with Gasteiger partial charge >= 0.3 is 0 Å². The molecule has 0 aliphatic heterocycles. The van der Waals surface area contributed by atoms with Crippen molar-refractivity contribution in [3.05, 3.63) is 18.3 Å². The van der Waals surface area contributed by atoms with Gasteiger partial charge in [-0.15, -0.1) is 0 Å². The van der Waals surface area contributed by atoms with Crippen LogP contribution in [-0.2, 0) is 9.84 Å². The second kappa shape index (κ2) is 5.24. The van der Waals surface area contributed by atoms with Gasteiger partial charge in [0.1, 0.15) is 10.7 Å². The predicted molar refractivity (Wildman–Crippen MR) is 73.6 cm³/mol. The number of hydrogen-bond acceptors (Lipinski definition) is 5. The van der Waals surface area contributed by atoms with E-state index in [9.17, 15) is 8.42 Å². The van der Waals surface area contributed by atoms with Crippen molar-refractivity contribution in [3.8, 4) is 0 Å². The van der Waals surface area contributed by atoms with E-state index in [-0.39, 0.29) is 10.4 Å². The molecule has 0 saturated heterocycles. The molecule has 0 bridgehead atoms. The minimum absolute atomic E-state index is 0.0910. The SMILES string of the molecule is CN(C)C(C)(C)CNc1ncccc1S(C)(=O)=O. The fourth-order valence-corrected chi connectivity index (χ4v) is 2.08. The first-order chi connectivity index (χ1) is 8.14. The van der Waals surface area contributed by atoms with E-state index in [1.165, 1.54) is 6.26 Å². The van der Waals surface area contributed by atoms with Crippen molar-refractivity contribution in [1.82, 2.24) is 9.88 Å². The smallest absolute Gasteiger partial charge is 0.179 e. The van der Waals surface area contributed by atoms with Crippen molar-refractivity contribution in [2.45, 2.75) is 24.3 Å². The van der Waals surface area contributed by atoms with Crippen LogP contribution in [0.2, 0.25) is 0 Å². The highest BCUT2D eigenvalue weighted by Gasteiger charge is 2.22. The van der Waals surface area contributed by atoms with E-state index in [1.54, 1.807) is 18.3 Å². The third-order valence-electron chi connectivity index (χ3n) is 3.07. The van der Waals surface area contributed by atoms with Gasteiger partial charge < -0.3 is 10.2 Å². The maximum Gasteiger partial charge on any atom is 0.179 e. The third-order valence-corrected chi connectivity index (χ3v) is 4.20.